The molecule has 1 aromatic heterocycles. The second kappa shape index (κ2) is 6.03. The normalized spacial score (nSPS) is 13.1. The Morgan fingerprint density at radius 1 is 1.33 bits per heavy atom. The lowest BCUT2D eigenvalue weighted by atomic mass is 10.1. The van der Waals surface area contributed by atoms with Crippen molar-refractivity contribution in [3.63, 3.8) is 0 Å². The number of benzene rings is 1. The van der Waals surface area contributed by atoms with Gasteiger partial charge in [-0.2, -0.15) is 0 Å². The topological polar surface area (TPSA) is 34.4 Å². The summed E-state index contributed by atoms with van der Waals surface area (Å²) >= 11 is 0. The summed E-state index contributed by atoms with van der Waals surface area (Å²) < 4.78 is 11.1. The number of hydrogen-bond acceptors (Lipinski definition) is 3. The van der Waals surface area contributed by atoms with Crippen molar-refractivity contribution in [1.82, 2.24) is 5.32 Å². The van der Waals surface area contributed by atoms with Crippen LogP contribution in [-0.2, 0) is 17.7 Å². The van der Waals surface area contributed by atoms with E-state index in [9.17, 15) is 0 Å². The third-order valence-electron chi connectivity index (χ3n) is 3.24. The molecule has 1 N–H and O–H groups in total. The van der Waals surface area contributed by atoms with Gasteiger partial charge < -0.3 is 14.5 Å². The van der Waals surface area contributed by atoms with Gasteiger partial charge >= 0.3 is 0 Å². The molecule has 98 valence electrons. The zero-order valence-electron chi connectivity index (χ0n) is 11.3. The zero-order chi connectivity index (χ0) is 13.0. The second-order valence-corrected chi connectivity index (χ2v) is 4.53. The van der Waals surface area contributed by atoms with Crippen LogP contribution in [0.3, 0.4) is 0 Å². The van der Waals surface area contributed by atoms with Gasteiger partial charge in [-0.05, 0) is 13.0 Å². The number of ether oxygens (including phenoxy) is 1. The summed E-state index contributed by atoms with van der Waals surface area (Å²) in [6.45, 7) is 5.85. The molecule has 2 rings (SSSR count). The van der Waals surface area contributed by atoms with Crippen LogP contribution < -0.4 is 5.32 Å². The van der Waals surface area contributed by atoms with Gasteiger partial charge in [-0.3, -0.25) is 0 Å². The summed E-state index contributed by atoms with van der Waals surface area (Å²) in [6, 6.07) is 8.21. The number of methoxy groups -OCH3 is 1. The van der Waals surface area contributed by atoms with Crippen molar-refractivity contribution in [3.8, 4) is 0 Å². The minimum Gasteiger partial charge on any atom is -0.461 e. The maximum absolute atomic E-state index is 5.86. The average Bonchev–Trinajstić information content (AvgIpc) is 2.77. The van der Waals surface area contributed by atoms with Gasteiger partial charge in [-0.25, -0.2) is 0 Å². The molecule has 0 aliphatic heterocycles. The fourth-order valence-corrected chi connectivity index (χ4v) is 2.11. The fourth-order valence-electron chi connectivity index (χ4n) is 2.11. The van der Waals surface area contributed by atoms with Crippen molar-refractivity contribution in [2.75, 3.05) is 13.7 Å². The van der Waals surface area contributed by atoms with Crippen molar-refractivity contribution in [2.45, 2.75) is 32.9 Å². The molecule has 3 nitrogen and oxygen atoms in total. The van der Waals surface area contributed by atoms with E-state index in [2.05, 4.69) is 31.3 Å². The summed E-state index contributed by atoms with van der Waals surface area (Å²) in [7, 11) is 1.73. The number of furan rings is 1. The molecule has 3 heteroatoms. The first-order valence-electron chi connectivity index (χ1n) is 6.49. The molecule has 0 aliphatic carbocycles. The predicted octanol–water partition coefficient (Wildman–Crippen LogP) is 3.12. The molecule has 0 aliphatic rings. The van der Waals surface area contributed by atoms with E-state index >= 15 is 0 Å². The lowest BCUT2D eigenvalue weighted by Gasteiger charge is -2.10. The van der Waals surface area contributed by atoms with Gasteiger partial charge in [-0.15, -0.1) is 0 Å². The van der Waals surface area contributed by atoms with Crippen LogP contribution in [0.2, 0.25) is 0 Å². The molecule has 0 spiro atoms. The standard InChI is InChI=1S/C15H21NO2/c1-4-14-13(10-16-9-11(2)17-3)12-7-5-6-8-15(12)18-14/h5-8,11,16H,4,9-10H2,1-3H3. The Hall–Kier alpha value is -1.32. The van der Waals surface area contributed by atoms with E-state index < -0.39 is 0 Å². The lowest BCUT2D eigenvalue weighted by Crippen LogP contribution is -2.25. The molecule has 0 radical (unpaired) electrons. The lowest BCUT2D eigenvalue weighted by molar-refractivity contribution is 0.117. The molecule has 18 heavy (non-hydrogen) atoms. The first-order chi connectivity index (χ1) is 8.76. The molecule has 0 bridgehead atoms. The van der Waals surface area contributed by atoms with E-state index in [4.69, 9.17) is 9.15 Å². The quantitative estimate of drug-likeness (QED) is 0.851. The van der Waals surface area contributed by atoms with Gasteiger partial charge in [0.25, 0.3) is 0 Å². The van der Waals surface area contributed by atoms with E-state index in [1.54, 1.807) is 7.11 Å². The summed E-state index contributed by atoms with van der Waals surface area (Å²) in [5.74, 6) is 1.08. The van der Waals surface area contributed by atoms with Crippen LogP contribution in [0.1, 0.15) is 25.2 Å². The van der Waals surface area contributed by atoms with E-state index in [0.29, 0.717) is 0 Å². The third-order valence-corrected chi connectivity index (χ3v) is 3.24. The van der Waals surface area contributed by atoms with Crippen molar-refractivity contribution in [1.29, 1.82) is 0 Å². The molecule has 0 saturated heterocycles. The Morgan fingerprint density at radius 2 is 2.11 bits per heavy atom. The highest BCUT2D eigenvalue weighted by Gasteiger charge is 2.12. The predicted molar refractivity (Wildman–Crippen MR) is 73.8 cm³/mol. The highest BCUT2D eigenvalue weighted by atomic mass is 16.5. The smallest absolute Gasteiger partial charge is 0.134 e. The number of para-hydroxylation sites is 1. The molecule has 1 aromatic carbocycles. The molecular weight excluding hydrogens is 226 g/mol. The minimum absolute atomic E-state index is 0.230. The van der Waals surface area contributed by atoms with Gasteiger partial charge in [0.05, 0.1) is 6.10 Å². The Morgan fingerprint density at radius 3 is 2.83 bits per heavy atom. The maximum Gasteiger partial charge on any atom is 0.134 e. The van der Waals surface area contributed by atoms with Crippen molar-refractivity contribution < 1.29 is 9.15 Å². The van der Waals surface area contributed by atoms with Gasteiger partial charge in [0.2, 0.25) is 0 Å². The molecular formula is C15H21NO2. The Labute approximate surface area is 108 Å². The van der Waals surface area contributed by atoms with Crippen LogP contribution in [0.25, 0.3) is 11.0 Å². The average molecular weight is 247 g/mol. The molecule has 2 aromatic rings. The molecule has 0 saturated carbocycles. The molecule has 0 fully saturated rings. The van der Waals surface area contributed by atoms with Crippen LogP contribution >= 0.6 is 0 Å². The zero-order valence-corrected chi connectivity index (χ0v) is 11.3. The van der Waals surface area contributed by atoms with Crippen LogP contribution in [0.15, 0.2) is 28.7 Å². The Bertz CT molecular complexity index is 504. The van der Waals surface area contributed by atoms with Crippen molar-refractivity contribution >= 4 is 11.0 Å². The SMILES string of the molecule is CCc1oc2ccccc2c1CNCC(C)OC. The largest absolute Gasteiger partial charge is 0.461 e. The van der Waals surface area contributed by atoms with Crippen molar-refractivity contribution in [3.05, 3.63) is 35.6 Å². The summed E-state index contributed by atoms with van der Waals surface area (Å²) in [6.07, 6.45) is 1.15. The van der Waals surface area contributed by atoms with Gasteiger partial charge in [0.15, 0.2) is 0 Å². The first kappa shape index (κ1) is 13.1. The third kappa shape index (κ3) is 2.74. The number of aryl methyl sites for hydroxylation is 1. The van der Waals surface area contributed by atoms with Gasteiger partial charge in [0, 0.05) is 37.6 Å². The van der Waals surface area contributed by atoms with Crippen LogP contribution in [-0.4, -0.2) is 19.8 Å². The maximum atomic E-state index is 5.86. The van der Waals surface area contributed by atoms with E-state index in [-0.39, 0.29) is 6.10 Å². The summed E-state index contributed by atoms with van der Waals surface area (Å²) in [5.41, 5.74) is 2.25. The molecule has 1 heterocycles. The molecule has 0 amide bonds. The van der Waals surface area contributed by atoms with Crippen LogP contribution in [0.5, 0.6) is 0 Å². The molecule has 1 atom stereocenters. The molecule has 1 unspecified atom stereocenters. The van der Waals surface area contributed by atoms with Crippen molar-refractivity contribution in [2.24, 2.45) is 0 Å². The van der Waals surface area contributed by atoms with Gasteiger partial charge in [0.1, 0.15) is 11.3 Å². The first-order valence-corrected chi connectivity index (χ1v) is 6.49. The monoisotopic (exact) mass is 247 g/mol. The van der Waals surface area contributed by atoms with Crippen LogP contribution in [0.4, 0.5) is 0 Å². The number of fused-ring (bicyclic) bond motifs is 1. The Balaban J connectivity index is 2.15. The van der Waals surface area contributed by atoms with E-state index in [0.717, 1.165) is 30.9 Å². The second-order valence-electron chi connectivity index (χ2n) is 4.53. The highest BCUT2D eigenvalue weighted by Crippen LogP contribution is 2.26. The number of nitrogens with one attached hydrogen (secondary N) is 1. The minimum atomic E-state index is 0.230. The number of rotatable bonds is 6. The summed E-state index contributed by atoms with van der Waals surface area (Å²) in [4.78, 5) is 0. The van der Waals surface area contributed by atoms with Gasteiger partial charge in [-0.1, -0.05) is 25.1 Å². The van der Waals surface area contributed by atoms with E-state index in [1.807, 2.05) is 12.1 Å². The highest BCUT2D eigenvalue weighted by molar-refractivity contribution is 5.82. The fraction of sp³-hybridized carbons (Fsp3) is 0.467. The number of hydrogen-bond donors (Lipinski definition) is 1. The summed E-state index contributed by atoms with van der Waals surface area (Å²) in [5, 5.41) is 4.64. The van der Waals surface area contributed by atoms with Crippen LogP contribution in [0, 0.1) is 0 Å². The Kier molecular flexibility index (Phi) is 4.39. The van der Waals surface area contributed by atoms with E-state index in [1.165, 1.54) is 10.9 Å².